The van der Waals surface area contributed by atoms with Gasteiger partial charge in [-0.3, -0.25) is 19.7 Å². The average Bonchev–Trinajstić information content (AvgIpc) is 3.40. The van der Waals surface area contributed by atoms with Crippen LogP contribution in [0.3, 0.4) is 0 Å². The topological polar surface area (TPSA) is 87.7 Å². The fraction of sp³-hybridized carbons (Fsp3) is 0.690. The summed E-state index contributed by atoms with van der Waals surface area (Å²) in [6, 6.07) is 4.96. The molecule has 2 heterocycles. The molecule has 7 rings (SSSR count). The lowest BCUT2D eigenvalue weighted by Crippen LogP contribution is -2.52. The molecular formula is C29H39N3O4. The Morgan fingerprint density at radius 3 is 2.58 bits per heavy atom. The van der Waals surface area contributed by atoms with Gasteiger partial charge in [0.25, 0.3) is 5.91 Å². The van der Waals surface area contributed by atoms with Crippen LogP contribution < -0.4 is 15.4 Å². The Kier molecular flexibility index (Phi) is 6.53. The SMILES string of the molecule is O=C1CCC(N2Cc3c(OCCCCCCCNC45CC6CC(CC4C6)C5)cccc3C2=O)C(=O)N1. The number of nitrogens with zero attached hydrogens (tertiary/aromatic N) is 1. The zero-order chi connectivity index (χ0) is 24.7. The van der Waals surface area contributed by atoms with Crippen LogP contribution in [-0.2, 0) is 16.1 Å². The lowest BCUT2D eigenvalue weighted by Gasteiger charge is -2.34. The standard InChI is InChI=1S/C29H39N3O4/c33-26-10-9-24(27(34)31-26)32-18-23-22(28(32)35)7-6-8-25(23)36-12-5-3-1-2-4-11-30-29-16-19-13-20(17-29)15-21(29)14-19/h6-8,19-21,24,30H,1-5,9-18H2,(H,31,33,34). The van der Waals surface area contributed by atoms with Gasteiger partial charge in [0.2, 0.25) is 11.8 Å². The smallest absolute Gasteiger partial charge is 0.255 e. The maximum Gasteiger partial charge on any atom is 0.255 e. The number of ether oxygens (including phenoxy) is 1. The van der Waals surface area contributed by atoms with Crippen molar-refractivity contribution in [2.45, 2.75) is 95.2 Å². The van der Waals surface area contributed by atoms with Crippen molar-refractivity contribution in [3.05, 3.63) is 29.3 Å². The molecule has 2 aliphatic heterocycles. The Balaban J connectivity index is 0.902. The van der Waals surface area contributed by atoms with Gasteiger partial charge in [-0.25, -0.2) is 0 Å². The molecule has 0 spiro atoms. The van der Waals surface area contributed by atoms with Crippen LogP contribution in [-0.4, -0.2) is 47.4 Å². The number of fused-ring (bicyclic) bond motifs is 1. The summed E-state index contributed by atoms with van der Waals surface area (Å²) in [6.07, 6.45) is 13.9. The van der Waals surface area contributed by atoms with E-state index in [0.29, 0.717) is 30.7 Å². The van der Waals surface area contributed by atoms with Crippen molar-refractivity contribution >= 4 is 17.7 Å². The highest BCUT2D eigenvalue weighted by Gasteiger charge is 2.57. The first-order chi connectivity index (χ1) is 17.5. The van der Waals surface area contributed by atoms with Crippen molar-refractivity contribution in [2.75, 3.05) is 13.2 Å². The fourth-order valence-corrected chi connectivity index (χ4v) is 8.05. The number of hydrogen-bond donors (Lipinski definition) is 2. The second kappa shape index (κ2) is 9.81. The Morgan fingerprint density at radius 2 is 1.78 bits per heavy atom. The molecule has 5 fully saturated rings. The number of benzene rings is 1. The second-order valence-corrected chi connectivity index (χ2v) is 11.9. The summed E-state index contributed by atoms with van der Waals surface area (Å²) >= 11 is 0. The van der Waals surface area contributed by atoms with E-state index >= 15 is 0 Å². The Bertz CT molecular complexity index is 1030. The molecule has 4 saturated carbocycles. The van der Waals surface area contributed by atoms with Gasteiger partial charge in [0.05, 0.1) is 13.2 Å². The number of hydrogen-bond acceptors (Lipinski definition) is 5. The third-order valence-corrected chi connectivity index (χ3v) is 9.58. The monoisotopic (exact) mass is 493 g/mol. The number of unbranched alkanes of at least 4 members (excludes halogenated alkanes) is 4. The van der Waals surface area contributed by atoms with Crippen molar-refractivity contribution in [1.82, 2.24) is 15.5 Å². The molecular weight excluding hydrogens is 454 g/mol. The molecule has 3 unspecified atom stereocenters. The van der Waals surface area contributed by atoms with Gasteiger partial charge in [0.1, 0.15) is 11.8 Å². The van der Waals surface area contributed by atoms with Crippen molar-refractivity contribution < 1.29 is 19.1 Å². The van der Waals surface area contributed by atoms with E-state index in [0.717, 1.165) is 41.9 Å². The van der Waals surface area contributed by atoms with Crippen LogP contribution >= 0.6 is 0 Å². The summed E-state index contributed by atoms with van der Waals surface area (Å²) in [5, 5.41) is 6.36. The van der Waals surface area contributed by atoms with E-state index in [2.05, 4.69) is 10.6 Å². The molecule has 1 saturated heterocycles. The molecule has 4 bridgehead atoms. The normalized spacial score (nSPS) is 32.3. The van der Waals surface area contributed by atoms with Crippen molar-refractivity contribution in [1.29, 1.82) is 0 Å². The highest BCUT2D eigenvalue weighted by molar-refractivity contribution is 6.05. The van der Waals surface area contributed by atoms with Crippen LogP contribution in [0, 0.1) is 17.8 Å². The molecule has 3 amide bonds. The Hall–Kier alpha value is -2.41. The molecule has 0 aromatic heterocycles. The van der Waals surface area contributed by atoms with Gasteiger partial charge in [-0.05, 0) is 87.8 Å². The van der Waals surface area contributed by atoms with E-state index in [1.807, 2.05) is 12.1 Å². The lowest BCUT2D eigenvalue weighted by molar-refractivity contribution is -0.136. The van der Waals surface area contributed by atoms with Gasteiger partial charge < -0.3 is 15.0 Å². The van der Waals surface area contributed by atoms with Crippen LogP contribution in [0.25, 0.3) is 0 Å². The molecule has 7 heteroatoms. The first kappa shape index (κ1) is 24.0. The summed E-state index contributed by atoms with van der Waals surface area (Å²) < 4.78 is 6.09. The minimum Gasteiger partial charge on any atom is -0.493 e. The van der Waals surface area contributed by atoms with E-state index < -0.39 is 6.04 Å². The Morgan fingerprint density at radius 1 is 1.00 bits per heavy atom. The maximum absolute atomic E-state index is 12.9. The first-order valence-corrected chi connectivity index (χ1v) is 14.2. The minimum atomic E-state index is -0.594. The predicted molar refractivity (Wildman–Crippen MR) is 135 cm³/mol. The number of piperidine rings is 1. The first-order valence-electron chi connectivity index (χ1n) is 14.2. The highest BCUT2D eigenvalue weighted by atomic mass is 16.5. The van der Waals surface area contributed by atoms with Gasteiger partial charge in [-0.15, -0.1) is 0 Å². The molecule has 36 heavy (non-hydrogen) atoms. The summed E-state index contributed by atoms with van der Waals surface area (Å²) in [5.41, 5.74) is 1.97. The van der Waals surface area contributed by atoms with Crippen molar-refractivity contribution in [3.8, 4) is 5.75 Å². The molecule has 6 aliphatic rings. The van der Waals surface area contributed by atoms with Crippen LogP contribution in [0.2, 0.25) is 0 Å². The highest BCUT2D eigenvalue weighted by Crippen LogP contribution is 2.60. The van der Waals surface area contributed by atoms with Crippen LogP contribution in [0.5, 0.6) is 5.75 Å². The number of carbonyl (C=O) groups is 3. The van der Waals surface area contributed by atoms with E-state index in [4.69, 9.17) is 4.74 Å². The zero-order valence-electron chi connectivity index (χ0n) is 21.2. The Labute approximate surface area is 213 Å². The molecule has 1 aromatic rings. The molecule has 7 nitrogen and oxygen atoms in total. The number of nitrogens with one attached hydrogen (secondary N) is 2. The van der Waals surface area contributed by atoms with Gasteiger partial charge in [0, 0.05) is 23.1 Å². The van der Waals surface area contributed by atoms with Gasteiger partial charge in [-0.2, -0.15) is 0 Å². The third-order valence-electron chi connectivity index (χ3n) is 9.58. The van der Waals surface area contributed by atoms with E-state index in [1.54, 1.807) is 11.0 Å². The van der Waals surface area contributed by atoms with Crippen molar-refractivity contribution in [2.24, 2.45) is 17.8 Å². The summed E-state index contributed by atoms with van der Waals surface area (Å²) in [6.45, 7) is 2.16. The largest absolute Gasteiger partial charge is 0.493 e. The maximum atomic E-state index is 12.9. The molecule has 1 aromatic carbocycles. The van der Waals surface area contributed by atoms with Gasteiger partial charge in [-0.1, -0.05) is 25.3 Å². The molecule has 0 radical (unpaired) electrons. The molecule has 194 valence electrons. The van der Waals surface area contributed by atoms with Crippen molar-refractivity contribution in [3.63, 3.8) is 0 Å². The van der Waals surface area contributed by atoms with E-state index in [-0.39, 0.29) is 24.1 Å². The summed E-state index contributed by atoms with van der Waals surface area (Å²) in [4.78, 5) is 38.3. The minimum absolute atomic E-state index is 0.156. The fourth-order valence-electron chi connectivity index (χ4n) is 8.05. The zero-order valence-corrected chi connectivity index (χ0v) is 21.2. The number of carbonyl (C=O) groups excluding carboxylic acids is 3. The van der Waals surface area contributed by atoms with E-state index in [1.165, 1.54) is 57.9 Å². The summed E-state index contributed by atoms with van der Waals surface area (Å²) in [5.74, 6) is 2.92. The quantitative estimate of drug-likeness (QED) is 0.360. The van der Waals surface area contributed by atoms with Crippen LogP contribution in [0.15, 0.2) is 18.2 Å². The third kappa shape index (κ3) is 4.44. The second-order valence-electron chi connectivity index (χ2n) is 11.9. The number of rotatable bonds is 11. The van der Waals surface area contributed by atoms with E-state index in [9.17, 15) is 14.4 Å². The van der Waals surface area contributed by atoms with Gasteiger partial charge >= 0.3 is 0 Å². The number of amides is 3. The lowest BCUT2D eigenvalue weighted by atomic mass is 9.80. The van der Waals surface area contributed by atoms with Crippen LogP contribution in [0.4, 0.5) is 0 Å². The molecule has 4 aliphatic carbocycles. The number of imide groups is 1. The molecule has 3 atom stereocenters. The predicted octanol–water partition coefficient (Wildman–Crippen LogP) is 3.95. The van der Waals surface area contributed by atoms with Crippen LogP contribution in [0.1, 0.15) is 93.0 Å². The summed E-state index contributed by atoms with van der Waals surface area (Å²) in [7, 11) is 0. The van der Waals surface area contributed by atoms with Gasteiger partial charge in [0.15, 0.2) is 0 Å². The molecule has 2 N–H and O–H groups in total. The average molecular weight is 494 g/mol.